The zero-order valence-corrected chi connectivity index (χ0v) is 13.7. The Morgan fingerprint density at radius 1 is 1.36 bits per heavy atom. The van der Waals surface area contributed by atoms with E-state index in [0.717, 1.165) is 18.4 Å². The number of nitrogens with one attached hydrogen (secondary N) is 2. The zero-order valence-electron chi connectivity index (χ0n) is 12.9. The molecule has 5 nitrogen and oxygen atoms in total. The van der Waals surface area contributed by atoms with Gasteiger partial charge >= 0.3 is 6.03 Å². The molecule has 1 aliphatic carbocycles. The molecule has 0 atom stereocenters. The fourth-order valence-corrected chi connectivity index (χ4v) is 2.33. The standard InChI is InChI=1S/C16H22ClN3O2/c1-11(2)20(10-12-4-3-5-13(17)8-12)15(21)9-18-16(22)19-14-6-7-14/h3-5,8,11,14H,6-7,9-10H2,1-2H3,(H2,18,19,22). The van der Waals surface area contributed by atoms with Crippen molar-refractivity contribution < 1.29 is 9.59 Å². The minimum Gasteiger partial charge on any atom is -0.335 e. The van der Waals surface area contributed by atoms with Crippen molar-refractivity contribution in [1.29, 1.82) is 0 Å². The van der Waals surface area contributed by atoms with Crippen LogP contribution in [0, 0.1) is 0 Å². The summed E-state index contributed by atoms with van der Waals surface area (Å²) in [6, 6.07) is 7.49. The molecule has 0 heterocycles. The summed E-state index contributed by atoms with van der Waals surface area (Å²) in [7, 11) is 0. The zero-order chi connectivity index (χ0) is 16.1. The molecule has 0 spiro atoms. The van der Waals surface area contributed by atoms with Crippen LogP contribution in [0.4, 0.5) is 4.79 Å². The molecule has 0 aromatic heterocycles. The van der Waals surface area contributed by atoms with Crippen LogP contribution in [0.15, 0.2) is 24.3 Å². The maximum atomic E-state index is 12.3. The Bertz CT molecular complexity index is 544. The molecule has 1 aromatic carbocycles. The average molecular weight is 324 g/mol. The van der Waals surface area contributed by atoms with E-state index < -0.39 is 0 Å². The molecule has 6 heteroatoms. The number of halogens is 1. The van der Waals surface area contributed by atoms with Crippen molar-refractivity contribution in [3.05, 3.63) is 34.9 Å². The summed E-state index contributed by atoms with van der Waals surface area (Å²) in [5.41, 5.74) is 0.969. The van der Waals surface area contributed by atoms with Gasteiger partial charge in [-0.3, -0.25) is 4.79 Å². The Morgan fingerprint density at radius 3 is 2.68 bits per heavy atom. The van der Waals surface area contributed by atoms with Gasteiger partial charge in [-0.1, -0.05) is 23.7 Å². The highest BCUT2D eigenvalue weighted by molar-refractivity contribution is 6.30. The number of amides is 3. The normalized spacial score (nSPS) is 13.8. The Kier molecular flexibility index (Phi) is 5.66. The minimum absolute atomic E-state index is 0.00268. The van der Waals surface area contributed by atoms with Gasteiger partial charge in [-0.25, -0.2) is 4.79 Å². The van der Waals surface area contributed by atoms with Gasteiger partial charge in [-0.05, 0) is 44.4 Å². The van der Waals surface area contributed by atoms with E-state index in [2.05, 4.69) is 10.6 Å². The van der Waals surface area contributed by atoms with Gasteiger partial charge in [-0.2, -0.15) is 0 Å². The van der Waals surface area contributed by atoms with Gasteiger partial charge < -0.3 is 15.5 Å². The van der Waals surface area contributed by atoms with Crippen molar-refractivity contribution in [3.8, 4) is 0 Å². The van der Waals surface area contributed by atoms with E-state index >= 15 is 0 Å². The van der Waals surface area contributed by atoms with Crippen molar-refractivity contribution >= 4 is 23.5 Å². The van der Waals surface area contributed by atoms with Crippen molar-refractivity contribution in [2.45, 2.75) is 45.3 Å². The van der Waals surface area contributed by atoms with Gasteiger partial charge in [-0.15, -0.1) is 0 Å². The molecule has 120 valence electrons. The minimum atomic E-state index is -0.276. The third-order valence-corrected chi connectivity index (χ3v) is 3.73. The van der Waals surface area contributed by atoms with Crippen LogP contribution in [-0.4, -0.2) is 35.5 Å². The molecule has 0 radical (unpaired) electrons. The summed E-state index contributed by atoms with van der Waals surface area (Å²) in [5, 5.41) is 6.06. The molecule has 1 fully saturated rings. The first-order valence-corrected chi connectivity index (χ1v) is 7.92. The van der Waals surface area contributed by atoms with E-state index in [1.807, 2.05) is 32.0 Å². The van der Waals surface area contributed by atoms with Crippen LogP contribution >= 0.6 is 11.6 Å². The number of rotatable bonds is 6. The van der Waals surface area contributed by atoms with Crippen LogP contribution in [0.5, 0.6) is 0 Å². The van der Waals surface area contributed by atoms with Gasteiger partial charge in [0, 0.05) is 23.7 Å². The average Bonchev–Trinajstić information content (AvgIpc) is 3.26. The number of urea groups is 1. The van der Waals surface area contributed by atoms with Crippen LogP contribution in [0.1, 0.15) is 32.3 Å². The first-order chi connectivity index (χ1) is 10.5. The van der Waals surface area contributed by atoms with E-state index in [9.17, 15) is 9.59 Å². The van der Waals surface area contributed by atoms with Crippen LogP contribution in [-0.2, 0) is 11.3 Å². The molecule has 3 amide bonds. The topological polar surface area (TPSA) is 61.4 Å². The first kappa shape index (κ1) is 16.6. The Hall–Kier alpha value is -1.75. The van der Waals surface area contributed by atoms with E-state index in [1.165, 1.54) is 0 Å². The number of nitrogens with zero attached hydrogens (tertiary/aromatic N) is 1. The van der Waals surface area contributed by atoms with Crippen LogP contribution in [0.3, 0.4) is 0 Å². The van der Waals surface area contributed by atoms with Gasteiger partial charge in [0.15, 0.2) is 0 Å². The third kappa shape index (κ3) is 5.22. The molecule has 1 saturated carbocycles. The van der Waals surface area contributed by atoms with Gasteiger partial charge in [0.2, 0.25) is 5.91 Å². The molecule has 0 saturated heterocycles. The summed E-state index contributed by atoms with van der Waals surface area (Å²) < 4.78 is 0. The van der Waals surface area contributed by atoms with Crippen LogP contribution < -0.4 is 10.6 Å². The highest BCUT2D eigenvalue weighted by atomic mass is 35.5. The molecular weight excluding hydrogens is 302 g/mol. The van der Waals surface area contributed by atoms with E-state index in [0.29, 0.717) is 11.6 Å². The first-order valence-electron chi connectivity index (χ1n) is 7.54. The monoisotopic (exact) mass is 323 g/mol. The van der Waals surface area contributed by atoms with Crippen LogP contribution in [0.25, 0.3) is 0 Å². The van der Waals surface area contributed by atoms with E-state index in [1.54, 1.807) is 11.0 Å². The van der Waals surface area contributed by atoms with Crippen molar-refractivity contribution in [2.24, 2.45) is 0 Å². The summed E-state index contributed by atoms with van der Waals surface area (Å²) in [6.45, 7) is 4.37. The number of hydrogen-bond acceptors (Lipinski definition) is 2. The van der Waals surface area contributed by atoms with Gasteiger partial charge in [0.25, 0.3) is 0 Å². The van der Waals surface area contributed by atoms with E-state index in [-0.39, 0.29) is 30.6 Å². The second kappa shape index (κ2) is 7.49. The Morgan fingerprint density at radius 2 is 2.09 bits per heavy atom. The molecule has 0 aliphatic heterocycles. The maximum Gasteiger partial charge on any atom is 0.315 e. The number of carbonyl (C=O) groups excluding carboxylic acids is 2. The lowest BCUT2D eigenvalue weighted by Crippen LogP contribution is -2.46. The lowest BCUT2D eigenvalue weighted by atomic mass is 10.2. The number of benzene rings is 1. The Labute approximate surface area is 136 Å². The molecule has 2 rings (SSSR count). The second-order valence-corrected chi connectivity index (χ2v) is 6.28. The predicted octanol–water partition coefficient (Wildman–Crippen LogP) is 2.54. The largest absolute Gasteiger partial charge is 0.335 e. The SMILES string of the molecule is CC(C)N(Cc1cccc(Cl)c1)C(=O)CNC(=O)NC1CC1. The smallest absolute Gasteiger partial charge is 0.315 e. The molecular formula is C16H22ClN3O2. The lowest BCUT2D eigenvalue weighted by Gasteiger charge is -2.27. The Balaban J connectivity index is 1.88. The quantitative estimate of drug-likeness (QED) is 0.845. The fraction of sp³-hybridized carbons (Fsp3) is 0.500. The summed E-state index contributed by atoms with van der Waals surface area (Å²) in [6.07, 6.45) is 2.04. The van der Waals surface area contributed by atoms with Gasteiger partial charge in [0.05, 0.1) is 6.54 Å². The summed E-state index contributed by atoms with van der Waals surface area (Å²) in [5.74, 6) is -0.110. The van der Waals surface area contributed by atoms with Gasteiger partial charge in [0.1, 0.15) is 0 Å². The molecule has 1 aromatic rings. The number of carbonyl (C=O) groups is 2. The molecule has 2 N–H and O–H groups in total. The third-order valence-electron chi connectivity index (χ3n) is 3.50. The lowest BCUT2D eigenvalue weighted by molar-refractivity contribution is -0.132. The predicted molar refractivity (Wildman–Crippen MR) is 86.7 cm³/mol. The van der Waals surface area contributed by atoms with Crippen LogP contribution in [0.2, 0.25) is 5.02 Å². The maximum absolute atomic E-state index is 12.3. The van der Waals surface area contributed by atoms with E-state index in [4.69, 9.17) is 11.6 Å². The summed E-state index contributed by atoms with van der Waals surface area (Å²) in [4.78, 5) is 25.6. The highest BCUT2D eigenvalue weighted by Crippen LogP contribution is 2.18. The second-order valence-electron chi connectivity index (χ2n) is 5.85. The fourth-order valence-electron chi connectivity index (χ4n) is 2.11. The summed E-state index contributed by atoms with van der Waals surface area (Å²) >= 11 is 5.98. The van der Waals surface area contributed by atoms with Crippen molar-refractivity contribution in [2.75, 3.05) is 6.54 Å². The molecule has 0 bridgehead atoms. The molecule has 22 heavy (non-hydrogen) atoms. The van der Waals surface area contributed by atoms with Crippen molar-refractivity contribution in [3.63, 3.8) is 0 Å². The van der Waals surface area contributed by atoms with Crippen molar-refractivity contribution in [1.82, 2.24) is 15.5 Å². The molecule has 0 unspecified atom stereocenters. The highest BCUT2D eigenvalue weighted by Gasteiger charge is 2.24. The number of hydrogen-bond donors (Lipinski definition) is 2. The molecule has 1 aliphatic rings.